The lowest BCUT2D eigenvalue weighted by molar-refractivity contribution is 0.0809. The topological polar surface area (TPSA) is 52.6 Å². The molecule has 0 amide bonds. The second-order valence-corrected chi connectivity index (χ2v) is 5.58. The summed E-state index contributed by atoms with van der Waals surface area (Å²) in [7, 11) is 1.89. The molecule has 0 fully saturated rings. The Kier molecular flexibility index (Phi) is 6.29. The molecule has 24 heavy (non-hydrogen) atoms. The van der Waals surface area contributed by atoms with Crippen LogP contribution in [0.25, 0.3) is 0 Å². The molecule has 2 N–H and O–H groups in total. The number of ketones is 1. The third-order valence-electron chi connectivity index (χ3n) is 4.02. The van der Waals surface area contributed by atoms with Crippen molar-refractivity contribution in [1.29, 1.82) is 0 Å². The molecule has 126 valence electrons. The van der Waals surface area contributed by atoms with Gasteiger partial charge in [-0.25, -0.2) is 0 Å². The summed E-state index contributed by atoms with van der Waals surface area (Å²) in [4.78, 5) is 14.3. The van der Waals surface area contributed by atoms with Crippen molar-refractivity contribution >= 4 is 11.5 Å². The number of nitrogens with one attached hydrogen (secondary N) is 1. The maximum Gasteiger partial charge on any atom is 0.195 e. The molecule has 2 unspecified atom stereocenters. The van der Waals surface area contributed by atoms with E-state index in [9.17, 15) is 9.90 Å². The van der Waals surface area contributed by atoms with E-state index in [2.05, 4.69) is 11.9 Å². The number of allylic oxidation sites excluding steroid dienone is 1. The Bertz CT molecular complexity index is 671. The largest absolute Gasteiger partial charge is 0.380 e. The number of Topliss-reactive ketones (excluding diaryl/α,β-unsaturated/α-hetero) is 1. The number of aliphatic hydroxyl groups excluding tert-OH is 1. The second kappa shape index (κ2) is 8.43. The van der Waals surface area contributed by atoms with E-state index in [-0.39, 0.29) is 11.8 Å². The molecule has 4 heteroatoms. The van der Waals surface area contributed by atoms with Crippen LogP contribution in [0.4, 0.5) is 5.69 Å². The predicted octanol–water partition coefficient (Wildman–Crippen LogP) is 3.19. The van der Waals surface area contributed by atoms with Gasteiger partial charge in [-0.1, -0.05) is 30.9 Å². The number of likely N-dealkylation sites (N-methyl/N-ethyl adjacent to an activating group) is 1. The lowest BCUT2D eigenvalue weighted by Gasteiger charge is -2.19. The van der Waals surface area contributed by atoms with Gasteiger partial charge in [0.2, 0.25) is 0 Å². The predicted molar refractivity (Wildman–Crippen MR) is 99.0 cm³/mol. The molecule has 2 rings (SSSR count). The molecule has 0 radical (unpaired) electrons. The number of aliphatic hydroxyl groups is 1. The lowest BCUT2D eigenvalue weighted by atomic mass is 9.94. The van der Waals surface area contributed by atoms with Gasteiger partial charge in [-0.2, -0.15) is 0 Å². The van der Waals surface area contributed by atoms with Crippen LogP contribution in [-0.4, -0.2) is 30.1 Å². The van der Waals surface area contributed by atoms with E-state index >= 15 is 0 Å². The minimum Gasteiger partial charge on any atom is -0.380 e. The molecule has 1 aliphatic carbocycles. The summed E-state index contributed by atoms with van der Waals surface area (Å²) in [6.45, 7) is 5.69. The van der Waals surface area contributed by atoms with Gasteiger partial charge in [-0.3, -0.25) is 4.79 Å². The molecule has 0 saturated heterocycles. The number of hydrogen-bond acceptors (Lipinski definition) is 4. The smallest absolute Gasteiger partial charge is 0.195 e. The summed E-state index contributed by atoms with van der Waals surface area (Å²) in [5, 5.41) is 13.5. The summed E-state index contributed by atoms with van der Waals surface area (Å²) in [5.41, 5.74) is 2.04. The second-order valence-electron chi connectivity index (χ2n) is 5.58. The van der Waals surface area contributed by atoms with Gasteiger partial charge >= 0.3 is 0 Å². The molecule has 0 aliphatic heterocycles. The Morgan fingerprint density at radius 2 is 2.12 bits per heavy atom. The average Bonchev–Trinajstić information content (AvgIpc) is 2.65. The fourth-order valence-corrected chi connectivity index (χ4v) is 2.57. The van der Waals surface area contributed by atoms with Gasteiger partial charge in [0.05, 0.1) is 0 Å². The Morgan fingerprint density at radius 3 is 2.62 bits per heavy atom. The fourth-order valence-electron chi connectivity index (χ4n) is 2.57. The fraction of sp³-hybridized carbons (Fsp3) is 0.250. The maximum absolute atomic E-state index is 12.5. The molecule has 0 saturated carbocycles. The van der Waals surface area contributed by atoms with Crippen LogP contribution in [0.15, 0.2) is 73.1 Å². The van der Waals surface area contributed by atoms with E-state index in [1.54, 1.807) is 18.3 Å². The number of carbonyl (C=O) groups excluding carboxylic acids is 1. The van der Waals surface area contributed by atoms with E-state index in [4.69, 9.17) is 0 Å². The van der Waals surface area contributed by atoms with Gasteiger partial charge in [-0.15, -0.1) is 0 Å². The first-order valence-corrected chi connectivity index (χ1v) is 8.02. The van der Waals surface area contributed by atoms with E-state index in [1.807, 2.05) is 61.5 Å². The highest BCUT2D eigenvalue weighted by atomic mass is 16.3. The van der Waals surface area contributed by atoms with E-state index in [0.29, 0.717) is 11.1 Å². The Labute approximate surface area is 143 Å². The van der Waals surface area contributed by atoms with Gasteiger partial charge in [0.25, 0.3) is 0 Å². The minimum atomic E-state index is -1.13. The quantitative estimate of drug-likeness (QED) is 0.756. The monoisotopic (exact) mass is 324 g/mol. The normalized spacial score (nSPS) is 18.3. The summed E-state index contributed by atoms with van der Waals surface area (Å²) in [5.74, 6) is -0.295. The van der Waals surface area contributed by atoms with Gasteiger partial charge in [0.15, 0.2) is 5.78 Å². The molecule has 2 atom stereocenters. The lowest BCUT2D eigenvalue weighted by Crippen LogP contribution is -2.27. The number of rotatable bonds is 7. The highest BCUT2D eigenvalue weighted by molar-refractivity contribution is 6.01. The molecule has 0 heterocycles. The minimum absolute atomic E-state index is 0.256. The molecule has 1 aliphatic rings. The molecule has 1 aromatic rings. The van der Waals surface area contributed by atoms with Crippen LogP contribution < -0.4 is 10.2 Å². The van der Waals surface area contributed by atoms with E-state index < -0.39 is 6.10 Å². The van der Waals surface area contributed by atoms with Crippen molar-refractivity contribution in [1.82, 2.24) is 5.32 Å². The zero-order valence-electron chi connectivity index (χ0n) is 14.1. The number of hydrogen-bond donors (Lipinski definition) is 2. The number of nitrogens with zero attached hydrogens (tertiary/aromatic N) is 1. The van der Waals surface area contributed by atoms with Crippen LogP contribution in [0.2, 0.25) is 0 Å². The van der Waals surface area contributed by atoms with Crippen molar-refractivity contribution in [3.8, 4) is 0 Å². The van der Waals surface area contributed by atoms with Crippen LogP contribution >= 0.6 is 0 Å². The highest BCUT2D eigenvalue weighted by Gasteiger charge is 2.22. The summed E-state index contributed by atoms with van der Waals surface area (Å²) < 4.78 is 0. The van der Waals surface area contributed by atoms with Crippen LogP contribution in [0.5, 0.6) is 0 Å². The van der Waals surface area contributed by atoms with Gasteiger partial charge in [0.1, 0.15) is 6.10 Å². The van der Waals surface area contributed by atoms with Crippen molar-refractivity contribution in [3.05, 3.63) is 78.7 Å². The van der Waals surface area contributed by atoms with Crippen LogP contribution in [0.3, 0.4) is 0 Å². The summed E-state index contributed by atoms with van der Waals surface area (Å²) in [6, 6.07) is 7.38. The van der Waals surface area contributed by atoms with Gasteiger partial charge in [-0.05, 0) is 50.2 Å². The molecular formula is C20H24N2O2. The zero-order chi connectivity index (χ0) is 17.5. The molecular weight excluding hydrogens is 300 g/mol. The van der Waals surface area contributed by atoms with E-state index in [1.165, 1.54) is 0 Å². The SMILES string of the molecule is C=CN(/C=C\C)c1ccc(C(=O)C(O)C2=CCC(NC)C=C2)cc1. The molecule has 0 bridgehead atoms. The van der Waals surface area contributed by atoms with Gasteiger partial charge < -0.3 is 15.3 Å². The molecule has 0 spiro atoms. The third kappa shape index (κ3) is 4.10. The number of benzene rings is 1. The molecule has 4 nitrogen and oxygen atoms in total. The third-order valence-corrected chi connectivity index (χ3v) is 4.02. The first-order chi connectivity index (χ1) is 11.6. The van der Waals surface area contributed by atoms with Gasteiger partial charge in [0, 0.05) is 29.7 Å². The van der Waals surface area contributed by atoms with Crippen LogP contribution in [0, 0.1) is 0 Å². The number of anilines is 1. The van der Waals surface area contributed by atoms with Crippen molar-refractivity contribution < 1.29 is 9.90 Å². The molecule has 0 aromatic heterocycles. The van der Waals surface area contributed by atoms with Crippen molar-refractivity contribution in [2.75, 3.05) is 11.9 Å². The summed E-state index contributed by atoms with van der Waals surface area (Å²) in [6.07, 6.45) is 10.8. The van der Waals surface area contributed by atoms with E-state index in [0.717, 1.165) is 12.1 Å². The molecule has 1 aromatic carbocycles. The highest BCUT2D eigenvalue weighted by Crippen LogP contribution is 2.20. The first kappa shape index (κ1) is 17.9. The van der Waals surface area contributed by atoms with Crippen molar-refractivity contribution in [2.45, 2.75) is 25.5 Å². The Balaban J connectivity index is 2.11. The zero-order valence-corrected chi connectivity index (χ0v) is 14.1. The number of carbonyl (C=O) groups is 1. The first-order valence-electron chi connectivity index (χ1n) is 8.02. The standard InChI is InChI=1S/C20H24N2O2/c1-4-14-22(5-2)18-12-8-16(9-13-18)20(24)19(23)15-6-10-17(21-3)11-7-15/h4-10,12-14,17,19,21,23H,2,11H2,1,3H3/b14-4-. The van der Waals surface area contributed by atoms with Crippen LogP contribution in [0.1, 0.15) is 23.7 Å². The average molecular weight is 324 g/mol. The van der Waals surface area contributed by atoms with Crippen LogP contribution in [-0.2, 0) is 0 Å². The Hall–Kier alpha value is -2.43. The van der Waals surface area contributed by atoms with Crippen molar-refractivity contribution in [2.24, 2.45) is 0 Å². The van der Waals surface area contributed by atoms with Crippen molar-refractivity contribution in [3.63, 3.8) is 0 Å². The Morgan fingerprint density at radius 1 is 1.42 bits per heavy atom. The maximum atomic E-state index is 12.5. The summed E-state index contributed by atoms with van der Waals surface area (Å²) >= 11 is 0.